The molecule has 0 aliphatic heterocycles. The minimum Gasteiger partial charge on any atom is -0.370 e. The average molecular weight is 126 g/mol. The maximum absolute atomic E-state index is 7.92. The monoisotopic (exact) mass is 126 g/mol. The molecule has 44 valence electrons. The Balaban J connectivity index is 2.45. The summed E-state index contributed by atoms with van der Waals surface area (Å²) in [5.41, 5.74) is 0. The molecule has 0 rings (SSSR count). The second-order valence-corrected chi connectivity index (χ2v) is 1.37. The number of rotatable bonds is 4. The Hall–Kier alpha value is 0.270. The molecule has 7 heavy (non-hydrogen) atoms. The van der Waals surface area contributed by atoms with Crippen LogP contribution in [-0.4, -0.2) is 23.8 Å². The summed E-state index contributed by atoms with van der Waals surface area (Å²) in [4.78, 5) is 0. The molecule has 5 heteroatoms. The Bertz CT molecular complexity index is 28.9. The Morgan fingerprint density at radius 3 is 1.86 bits per heavy atom. The third-order valence-electron chi connectivity index (χ3n) is 0.247. The molecule has 0 atom stereocenters. The van der Waals surface area contributed by atoms with Crippen LogP contribution in [0.1, 0.15) is 0 Å². The highest BCUT2D eigenvalue weighted by Crippen LogP contribution is 2.09. The molecule has 0 aromatic rings. The lowest BCUT2D eigenvalue weighted by atomic mass is 11.6. The minimum atomic E-state index is -0.363. The first-order chi connectivity index (χ1) is 3.41. The standard InChI is InChI=1S/C2H7O4P/c3-1-5-7-6-2-4/h3-4,7H,1-2H2. The van der Waals surface area contributed by atoms with Crippen LogP contribution in [-0.2, 0) is 9.05 Å². The molecule has 0 aromatic heterocycles. The predicted octanol–water partition coefficient (Wildman–Crippen LogP) is -0.572. The van der Waals surface area contributed by atoms with Gasteiger partial charge in [-0.2, -0.15) is 0 Å². The maximum atomic E-state index is 7.92. The number of hydrogen-bond donors (Lipinski definition) is 2. The number of hydrogen-bond acceptors (Lipinski definition) is 4. The van der Waals surface area contributed by atoms with Gasteiger partial charge in [0.15, 0.2) is 9.03 Å². The summed E-state index contributed by atoms with van der Waals surface area (Å²) in [5.74, 6) is 0. The second-order valence-electron chi connectivity index (χ2n) is 0.630. The molecule has 0 aromatic carbocycles. The lowest BCUT2D eigenvalue weighted by molar-refractivity contribution is 0.0657. The van der Waals surface area contributed by atoms with E-state index >= 15 is 0 Å². The fourth-order valence-electron chi connectivity index (χ4n) is 0.0944. The van der Waals surface area contributed by atoms with Crippen LogP contribution in [0.4, 0.5) is 0 Å². The average Bonchev–Trinajstić information content (AvgIpc) is 1.69. The van der Waals surface area contributed by atoms with Crippen LogP contribution < -0.4 is 0 Å². The van der Waals surface area contributed by atoms with E-state index in [2.05, 4.69) is 9.05 Å². The van der Waals surface area contributed by atoms with Crippen molar-refractivity contribution >= 4 is 9.03 Å². The zero-order valence-electron chi connectivity index (χ0n) is 3.63. The molecular formula is C2H7O4P. The summed E-state index contributed by atoms with van der Waals surface area (Å²) >= 11 is 0. The SMILES string of the molecule is OCOPOCO. The van der Waals surface area contributed by atoms with E-state index in [1.807, 2.05) is 0 Å². The number of aliphatic hydroxyl groups is 2. The van der Waals surface area contributed by atoms with Crippen molar-refractivity contribution in [2.24, 2.45) is 0 Å². The summed E-state index contributed by atoms with van der Waals surface area (Å²) in [6.45, 7) is -0.725. The van der Waals surface area contributed by atoms with E-state index in [0.717, 1.165) is 0 Å². The first-order valence-electron chi connectivity index (χ1n) is 1.62. The minimum absolute atomic E-state index is 0.268. The Labute approximate surface area is 43.0 Å². The van der Waals surface area contributed by atoms with Gasteiger partial charge in [0.25, 0.3) is 0 Å². The second kappa shape index (κ2) is 6.27. The molecule has 0 radical (unpaired) electrons. The normalized spacial score (nSPS) is 9.43. The van der Waals surface area contributed by atoms with Gasteiger partial charge in [0.05, 0.1) is 0 Å². The van der Waals surface area contributed by atoms with Gasteiger partial charge in [-0.1, -0.05) is 0 Å². The zero-order valence-corrected chi connectivity index (χ0v) is 4.63. The van der Waals surface area contributed by atoms with Gasteiger partial charge in [-0.25, -0.2) is 0 Å². The van der Waals surface area contributed by atoms with E-state index in [0.29, 0.717) is 0 Å². The van der Waals surface area contributed by atoms with Crippen molar-refractivity contribution in [3.8, 4) is 0 Å². The van der Waals surface area contributed by atoms with Gasteiger partial charge in [0.1, 0.15) is 13.6 Å². The zero-order chi connectivity index (χ0) is 5.54. The summed E-state index contributed by atoms with van der Waals surface area (Å²) < 4.78 is 8.55. The highest BCUT2D eigenvalue weighted by Gasteiger charge is 1.78. The van der Waals surface area contributed by atoms with Gasteiger partial charge >= 0.3 is 0 Å². The molecule has 0 fully saturated rings. The molecule has 0 bridgehead atoms. The fourth-order valence-corrected chi connectivity index (χ4v) is 0.283. The van der Waals surface area contributed by atoms with Crippen LogP contribution in [0.15, 0.2) is 0 Å². The van der Waals surface area contributed by atoms with Crippen LogP contribution >= 0.6 is 9.03 Å². The van der Waals surface area contributed by atoms with E-state index in [9.17, 15) is 0 Å². The number of aliphatic hydroxyl groups excluding tert-OH is 2. The van der Waals surface area contributed by atoms with Crippen LogP contribution in [0.2, 0.25) is 0 Å². The van der Waals surface area contributed by atoms with Crippen LogP contribution in [0.3, 0.4) is 0 Å². The van der Waals surface area contributed by atoms with Crippen molar-refractivity contribution in [2.75, 3.05) is 13.6 Å². The Kier molecular flexibility index (Phi) is 6.51. The topological polar surface area (TPSA) is 58.9 Å². The van der Waals surface area contributed by atoms with E-state index in [1.54, 1.807) is 0 Å². The molecular weight excluding hydrogens is 119 g/mol. The van der Waals surface area contributed by atoms with Crippen molar-refractivity contribution in [3.05, 3.63) is 0 Å². The van der Waals surface area contributed by atoms with Gasteiger partial charge in [0, 0.05) is 0 Å². The third kappa shape index (κ3) is 6.27. The van der Waals surface area contributed by atoms with E-state index in [-0.39, 0.29) is 22.6 Å². The largest absolute Gasteiger partial charge is 0.370 e. The highest BCUT2D eigenvalue weighted by molar-refractivity contribution is 7.26. The van der Waals surface area contributed by atoms with E-state index in [1.165, 1.54) is 0 Å². The summed E-state index contributed by atoms with van der Waals surface area (Å²) in [7, 11) is -0.268. The van der Waals surface area contributed by atoms with Crippen molar-refractivity contribution in [3.63, 3.8) is 0 Å². The van der Waals surface area contributed by atoms with Crippen LogP contribution in [0.25, 0.3) is 0 Å². The molecule has 0 spiro atoms. The van der Waals surface area contributed by atoms with Crippen molar-refractivity contribution in [1.82, 2.24) is 0 Å². The van der Waals surface area contributed by atoms with Gasteiger partial charge in [-0.3, -0.25) is 0 Å². The van der Waals surface area contributed by atoms with Crippen LogP contribution in [0.5, 0.6) is 0 Å². The van der Waals surface area contributed by atoms with Crippen molar-refractivity contribution in [2.45, 2.75) is 0 Å². The lowest BCUT2D eigenvalue weighted by Gasteiger charge is -1.94. The molecule has 0 aliphatic carbocycles. The summed E-state index contributed by atoms with van der Waals surface area (Å²) in [5, 5.41) is 15.8. The molecule has 4 nitrogen and oxygen atoms in total. The van der Waals surface area contributed by atoms with Gasteiger partial charge in [-0.05, 0) is 0 Å². The molecule has 2 N–H and O–H groups in total. The summed E-state index contributed by atoms with van der Waals surface area (Å²) in [6, 6.07) is 0. The van der Waals surface area contributed by atoms with Crippen molar-refractivity contribution < 1.29 is 19.3 Å². The molecule has 0 amide bonds. The molecule has 0 aliphatic rings. The van der Waals surface area contributed by atoms with Gasteiger partial charge < -0.3 is 19.3 Å². The molecule has 0 saturated carbocycles. The van der Waals surface area contributed by atoms with E-state index < -0.39 is 0 Å². The Morgan fingerprint density at radius 1 is 1.14 bits per heavy atom. The highest BCUT2D eigenvalue weighted by atomic mass is 31.1. The molecule has 0 saturated heterocycles. The predicted molar refractivity (Wildman–Crippen MR) is 24.7 cm³/mol. The lowest BCUT2D eigenvalue weighted by Crippen LogP contribution is -1.83. The van der Waals surface area contributed by atoms with Gasteiger partial charge in [-0.15, -0.1) is 0 Å². The van der Waals surface area contributed by atoms with Crippen LogP contribution in [0, 0.1) is 0 Å². The van der Waals surface area contributed by atoms with Gasteiger partial charge in [0.2, 0.25) is 0 Å². The summed E-state index contributed by atoms with van der Waals surface area (Å²) in [6.07, 6.45) is 0. The first-order valence-corrected chi connectivity index (χ1v) is 2.43. The Morgan fingerprint density at radius 2 is 1.57 bits per heavy atom. The quantitative estimate of drug-likeness (QED) is 0.301. The van der Waals surface area contributed by atoms with Crippen molar-refractivity contribution in [1.29, 1.82) is 0 Å². The maximum Gasteiger partial charge on any atom is 0.159 e. The third-order valence-corrected chi connectivity index (χ3v) is 0.741. The smallest absolute Gasteiger partial charge is 0.159 e. The molecule has 0 heterocycles. The fraction of sp³-hybridized carbons (Fsp3) is 1.00. The van der Waals surface area contributed by atoms with E-state index in [4.69, 9.17) is 10.2 Å². The molecule has 0 unspecified atom stereocenters. The first kappa shape index (κ1) is 7.27.